The lowest BCUT2D eigenvalue weighted by Crippen LogP contribution is -2.27. The standard InChI is InChI=1S/C10H23NO2S/c1-4-7-14(12,13)8-5-6-10(11)9(2)3/h9-10H,4-8,11H2,1-3H3. The Hall–Kier alpha value is -0.0900. The Labute approximate surface area is 88.0 Å². The maximum Gasteiger partial charge on any atom is 0.150 e. The van der Waals surface area contributed by atoms with Gasteiger partial charge >= 0.3 is 0 Å². The largest absolute Gasteiger partial charge is 0.327 e. The molecule has 1 unspecified atom stereocenters. The van der Waals surface area contributed by atoms with E-state index >= 15 is 0 Å². The van der Waals surface area contributed by atoms with Gasteiger partial charge in [-0.1, -0.05) is 20.8 Å². The molecule has 0 amide bonds. The molecular weight excluding hydrogens is 198 g/mol. The van der Waals surface area contributed by atoms with Gasteiger partial charge in [0.1, 0.15) is 9.84 Å². The van der Waals surface area contributed by atoms with Gasteiger partial charge in [-0.2, -0.15) is 0 Å². The van der Waals surface area contributed by atoms with Crippen molar-refractivity contribution in [3.8, 4) is 0 Å². The first-order valence-electron chi connectivity index (χ1n) is 5.35. The van der Waals surface area contributed by atoms with Gasteiger partial charge in [0.05, 0.1) is 5.75 Å². The van der Waals surface area contributed by atoms with Gasteiger partial charge in [-0.3, -0.25) is 0 Å². The van der Waals surface area contributed by atoms with Crippen molar-refractivity contribution in [1.29, 1.82) is 0 Å². The topological polar surface area (TPSA) is 60.2 Å². The van der Waals surface area contributed by atoms with E-state index in [0.717, 1.165) is 6.42 Å². The molecule has 0 aromatic heterocycles. The predicted molar refractivity (Wildman–Crippen MR) is 61.0 cm³/mol. The van der Waals surface area contributed by atoms with Crippen molar-refractivity contribution in [2.45, 2.75) is 46.1 Å². The normalized spacial score (nSPS) is 14.6. The lowest BCUT2D eigenvalue weighted by molar-refractivity contribution is 0.459. The lowest BCUT2D eigenvalue weighted by Gasteiger charge is -2.14. The first-order valence-corrected chi connectivity index (χ1v) is 7.17. The summed E-state index contributed by atoms with van der Waals surface area (Å²) in [5, 5.41) is 0. The third kappa shape index (κ3) is 6.38. The van der Waals surface area contributed by atoms with Crippen molar-refractivity contribution >= 4 is 9.84 Å². The van der Waals surface area contributed by atoms with Crippen LogP contribution in [0.1, 0.15) is 40.0 Å². The second kappa shape index (κ2) is 6.40. The Morgan fingerprint density at radius 2 is 1.79 bits per heavy atom. The number of hydrogen-bond donors (Lipinski definition) is 1. The fourth-order valence-electron chi connectivity index (χ4n) is 1.29. The summed E-state index contributed by atoms with van der Waals surface area (Å²) in [5.74, 6) is 1.04. The van der Waals surface area contributed by atoms with Gasteiger partial charge in [0.2, 0.25) is 0 Å². The maximum atomic E-state index is 11.3. The molecule has 4 heteroatoms. The second-order valence-electron chi connectivity index (χ2n) is 4.20. The molecule has 0 rings (SSSR count). The van der Waals surface area contributed by atoms with E-state index in [1.807, 2.05) is 6.92 Å². The number of nitrogens with two attached hydrogens (primary N) is 1. The molecule has 0 aromatic carbocycles. The second-order valence-corrected chi connectivity index (χ2v) is 6.51. The third-order valence-electron chi connectivity index (χ3n) is 2.36. The molecule has 0 aliphatic rings. The van der Waals surface area contributed by atoms with Crippen LogP contribution in [-0.4, -0.2) is 26.0 Å². The summed E-state index contributed by atoms with van der Waals surface area (Å²) >= 11 is 0. The van der Waals surface area contributed by atoms with Crippen LogP contribution in [-0.2, 0) is 9.84 Å². The lowest BCUT2D eigenvalue weighted by atomic mass is 10.0. The van der Waals surface area contributed by atoms with Crippen LogP contribution in [0.4, 0.5) is 0 Å². The Morgan fingerprint density at radius 1 is 1.21 bits per heavy atom. The van der Waals surface area contributed by atoms with Crippen LogP contribution in [0.25, 0.3) is 0 Å². The summed E-state index contributed by atoms with van der Waals surface area (Å²) in [6.45, 7) is 6.01. The molecule has 86 valence electrons. The molecule has 0 fully saturated rings. The number of rotatable bonds is 7. The highest BCUT2D eigenvalue weighted by atomic mass is 32.2. The summed E-state index contributed by atoms with van der Waals surface area (Å²) in [6, 6.07) is 0.131. The van der Waals surface area contributed by atoms with Crippen LogP contribution in [0.5, 0.6) is 0 Å². The van der Waals surface area contributed by atoms with Gasteiger partial charge in [-0.05, 0) is 25.2 Å². The molecule has 0 saturated heterocycles. The smallest absolute Gasteiger partial charge is 0.150 e. The van der Waals surface area contributed by atoms with Crippen LogP contribution in [0.15, 0.2) is 0 Å². The first kappa shape index (κ1) is 13.9. The Kier molecular flexibility index (Phi) is 6.36. The van der Waals surface area contributed by atoms with Crippen molar-refractivity contribution in [3.05, 3.63) is 0 Å². The van der Waals surface area contributed by atoms with E-state index in [-0.39, 0.29) is 6.04 Å². The van der Waals surface area contributed by atoms with Crippen molar-refractivity contribution in [2.24, 2.45) is 11.7 Å². The molecule has 0 radical (unpaired) electrons. The number of sulfone groups is 1. The fraction of sp³-hybridized carbons (Fsp3) is 1.00. The van der Waals surface area contributed by atoms with Crippen LogP contribution in [0.3, 0.4) is 0 Å². The van der Waals surface area contributed by atoms with E-state index in [9.17, 15) is 8.42 Å². The summed E-state index contributed by atoms with van der Waals surface area (Å²) < 4.78 is 22.7. The summed E-state index contributed by atoms with van der Waals surface area (Å²) in [5.41, 5.74) is 5.82. The Bertz CT molecular complexity index is 235. The molecule has 0 aromatic rings. The highest BCUT2D eigenvalue weighted by Gasteiger charge is 2.12. The Morgan fingerprint density at radius 3 is 2.21 bits per heavy atom. The van der Waals surface area contributed by atoms with Gasteiger partial charge < -0.3 is 5.73 Å². The minimum atomic E-state index is -2.81. The van der Waals surface area contributed by atoms with E-state index in [0.29, 0.717) is 30.3 Å². The van der Waals surface area contributed by atoms with E-state index in [1.165, 1.54) is 0 Å². The molecule has 14 heavy (non-hydrogen) atoms. The van der Waals surface area contributed by atoms with Gasteiger partial charge in [0.25, 0.3) is 0 Å². The zero-order valence-electron chi connectivity index (χ0n) is 9.49. The molecule has 0 heterocycles. The monoisotopic (exact) mass is 221 g/mol. The molecule has 1 atom stereocenters. The van der Waals surface area contributed by atoms with E-state index in [2.05, 4.69) is 13.8 Å². The third-order valence-corrected chi connectivity index (χ3v) is 4.31. The van der Waals surface area contributed by atoms with Crippen molar-refractivity contribution in [3.63, 3.8) is 0 Å². The average molecular weight is 221 g/mol. The van der Waals surface area contributed by atoms with E-state index in [4.69, 9.17) is 5.73 Å². The van der Waals surface area contributed by atoms with E-state index < -0.39 is 9.84 Å². The summed E-state index contributed by atoms with van der Waals surface area (Å²) in [6.07, 6.45) is 2.21. The van der Waals surface area contributed by atoms with Crippen LogP contribution in [0.2, 0.25) is 0 Å². The highest BCUT2D eigenvalue weighted by molar-refractivity contribution is 7.91. The van der Waals surface area contributed by atoms with Gasteiger partial charge in [-0.15, -0.1) is 0 Å². The van der Waals surface area contributed by atoms with E-state index in [1.54, 1.807) is 0 Å². The van der Waals surface area contributed by atoms with Crippen molar-refractivity contribution in [1.82, 2.24) is 0 Å². The molecule has 0 saturated carbocycles. The Balaban J connectivity index is 3.74. The molecule has 2 N–H and O–H groups in total. The maximum absolute atomic E-state index is 11.3. The van der Waals surface area contributed by atoms with Crippen LogP contribution in [0, 0.1) is 5.92 Å². The van der Waals surface area contributed by atoms with Crippen molar-refractivity contribution in [2.75, 3.05) is 11.5 Å². The summed E-state index contributed by atoms with van der Waals surface area (Å²) in [7, 11) is -2.81. The first-order chi connectivity index (χ1) is 6.39. The van der Waals surface area contributed by atoms with Crippen molar-refractivity contribution < 1.29 is 8.42 Å². The zero-order chi connectivity index (χ0) is 11.2. The molecule has 0 aliphatic heterocycles. The molecular formula is C10H23NO2S. The highest BCUT2D eigenvalue weighted by Crippen LogP contribution is 2.07. The quantitative estimate of drug-likeness (QED) is 0.710. The van der Waals surface area contributed by atoms with Gasteiger partial charge in [0.15, 0.2) is 0 Å². The zero-order valence-corrected chi connectivity index (χ0v) is 10.3. The van der Waals surface area contributed by atoms with Gasteiger partial charge in [0, 0.05) is 11.8 Å². The molecule has 3 nitrogen and oxygen atoms in total. The van der Waals surface area contributed by atoms with Gasteiger partial charge in [-0.25, -0.2) is 8.42 Å². The molecule has 0 bridgehead atoms. The van der Waals surface area contributed by atoms with Crippen LogP contribution >= 0.6 is 0 Å². The minimum Gasteiger partial charge on any atom is -0.327 e. The van der Waals surface area contributed by atoms with Crippen LogP contribution < -0.4 is 5.73 Å². The summed E-state index contributed by atoms with van der Waals surface area (Å²) in [4.78, 5) is 0. The number of hydrogen-bond acceptors (Lipinski definition) is 3. The SMILES string of the molecule is CCCS(=O)(=O)CCCC(N)C(C)C. The predicted octanol–water partition coefficient (Wildman–Crippen LogP) is 1.57. The molecule has 0 aliphatic carbocycles. The minimum absolute atomic E-state index is 0.131. The average Bonchev–Trinajstić information content (AvgIpc) is 2.03. The fourth-order valence-corrected chi connectivity index (χ4v) is 2.72. The molecule has 0 spiro atoms.